The van der Waals surface area contributed by atoms with Crippen molar-refractivity contribution < 1.29 is 118 Å². The maximum Gasteiger partial charge on any atom is 1.00 e. The molecule has 0 atom stereocenters. The Balaban J connectivity index is 0.00000128. The molecule has 0 saturated heterocycles. The van der Waals surface area contributed by atoms with Gasteiger partial charge in [0.05, 0.1) is 0 Å². The third kappa shape index (κ3) is 5.32. The summed E-state index contributed by atoms with van der Waals surface area (Å²) in [7, 11) is 0. The van der Waals surface area contributed by atoms with Crippen molar-refractivity contribution in [2.24, 2.45) is 0 Å². The first-order valence-corrected chi connectivity index (χ1v) is 4.47. The van der Waals surface area contributed by atoms with Crippen LogP contribution >= 0.6 is 0 Å². The van der Waals surface area contributed by atoms with Crippen molar-refractivity contribution in [1.82, 2.24) is 0 Å². The molecule has 0 aromatic heterocycles. The summed E-state index contributed by atoms with van der Waals surface area (Å²) in [6.07, 6.45) is 0. The Morgan fingerprint density at radius 3 is 1.35 bits per heavy atom. The fraction of sp³-hybridized carbons (Fsp3) is 0. The largest absolute Gasteiger partial charge is 1.00 e. The summed E-state index contributed by atoms with van der Waals surface area (Å²) < 4.78 is 5.21. The van der Waals surface area contributed by atoms with Gasteiger partial charge in [-0.05, 0) is 12.1 Å². The molecule has 0 unspecified atom stereocenters. The summed E-state index contributed by atoms with van der Waals surface area (Å²) >= 11 is 0. The molecule has 5 heteroatoms. The van der Waals surface area contributed by atoms with Crippen molar-refractivity contribution in [3.63, 3.8) is 0 Å². The average Bonchev–Trinajstić information content (AvgIpc) is 2.24. The van der Waals surface area contributed by atoms with Crippen LogP contribution in [0.15, 0.2) is 48.5 Å². The van der Waals surface area contributed by atoms with Gasteiger partial charge in [-0.15, -0.1) is 0 Å². The fourth-order valence-corrected chi connectivity index (χ4v) is 1.19. The Bertz CT molecular complexity index is 431. The minimum atomic E-state index is -0.235. The predicted molar refractivity (Wildman–Crippen MR) is 51.9 cm³/mol. The molecule has 3 nitrogen and oxygen atoms in total. The first-order chi connectivity index (χ1) is 7.27. The first kappa shape index (κ1) is 18.1. The van der Waals surface area contributed by atoms with Gasteiger partial charge in [0.25, 0.3) is 0 Å². The van der Waals surface area contributed by atoms with Crippen LogP contribution < -0.4 is 118 Å². The van der Waals surface area contributed by atoms with Gasteiger partial charge in [-0.1, -0.05) is 47.9 Å². The molecule has 0 saturated carbocycles. The summed E-state index contributed by atoms with van der Waals surface area (Å²) in [6, 6.07) is 12.5. The van der Waals surface area contributed by atoms with Gasteiger partial charge < -0.3 is 14.9 Å². The molecule has 0 heterocycles. The molecule has 0 fully saturated rings. The molecule has 2 aromatic carbocycles. The van der Waals surface area contributed by atoms with Crippen molar-refractivity contribution in [3.05, 3.63) is 48.5 Å². The fourth-order valence-electron chi connectivity index (χ4n) is 1.19. The van der Waals surface area contributed by atoms with E-state index in [9.17, 15) is 10.2 Å². The predicted octanol–water partition coefficient (Wildman–Crippen LogP) is -4.37. The zero-order valence-electron chi connectivity index (χ0n) is 9.84. The minimum absolute atomic E-state index is 0. The Morgan fingerprint density at radius 1 is 0.647 bits per heavy atom. The molecular weight excluding hydrogens is 270 g/mol. The van der Waals surface area contributed by atoms with Crippen LogP contribution in [-0.2, 0) is 0 Å². The molecule has 0 N–H and O–H groups in total. The van der Waals surface area contributed by atoms with E-state index in [2.05, 4.69) is 0 Å². The Kier molecular flexibility index (Phi) is 9.68. The van der Waals surface area contributed by atoms with E-state index in [4.69, 9.17) is 4.74 Å². The Labute approximate surface area is 185 Å². The zero-order valence-corrected chi connectivity index (χ0v) is 16.1. The Morgan fingerprint density at radius 2 is 1.00 bits per heavy atom. The van der Waals surface area contributed by atoms with Gasteiger partial charge in [-0.3, -0.25) is 0 Å². The van der Waals surface area contributed by atoms with E-state index in [1.165, 1.54) is 24.3 Å². The Hall–Kier alpha value is 1.11. The number of rotatable bonds is 2. The second-order valence-electron chi connectivity index (χ2n) is 3.00. The molecule has 0 bridgehead atoms. The number of benzene rings is 2. The van der Waals surface area contributed by atoms with Crippen LogP contribution in [0, 0.1) is 0 Å². The smallest absolute Gasteiger partial charge is 0.870 e. The monoisotopic (exact) mass is 278 g/mol. The SMILES string of the molecule is [K+].[K+].[O-]c1ccccc1Oc1ccccc1[O-]. The van der Waals surface area contributed by atoms with Crippen molar-refractivity contribution in [1.29, 1.82) is 0 Å². The van der Waals surface area contributed by atoms with E-state index in [0.29, 0.717) is 0 Å². The van der Waals surface area contributed by atoms with Gasteiger partial charge in [0, 0.05) is 0 Å². The molecule has 2 rings (SSSR count). The van der Waals surface area contributed by atoms with Crippen molar-refractivity contribution in [2.45, 2.75) is 0 Å². The van der Waals surface area contributed by atoms with Crippen LogP contribution in [0.1, 0.15) is 0 Å². The third-order valence-corrected chi connectivity index (χ3v) is 1.92. The average molecular weight is 278 g/mol. The standard InChI is InChI=1S/C12H10O3.2K/c13-9-5-1-3-7-11(9)15-12-8-4-2-6-10(12)14;;/h1-8,13-14H;;/q;2*+1/p-2. The summed E-state index contributed by atoms with van der Waals surface area (Å²) in [4.78, 5) is 0. The second-order valence-corrected chi connectivity index (χ2v) is 3.00. The van der Waals surface area contributed by atoms with Gasteiger partial charge in [0.15, 0.2) is 0 Å². The molecule has 0 aliphatic carbocycles. The van der Waals surface area contributed by atoms with Gasteiger partial charge in [-0.2, -0.15) is 0 Å². The maximum absolute atomic E-state index is 11.3. The van der Waals surface area contributed by atoms with Gasteiger partial charge >= 0.3 is 103 Å². The molecule has 76 valence electrons. The van der Waals surface area contributed by atoms with Crippen LogP contribution in [0.4, 0.5) is 0 Å². The normalized spacial score (nSPS) is 8.71. The van der Waals surface area contributed by atoms with E-state index < -0.39 is 0 Å². The van der Waals surface area contributed by atoms with Crippen molar-refractivity contribution in [3.8, 4) is 23.0 Å². The summed E-state index contributed by atoms with van der Waals surface area (Å²) in [5.74, 6) is -0.136. The molecule has 0 radical (unpaired) electrons. The summed E-state index contributed by atoms with van der Waals surface area (Å²) in [5, 5.41) is 22.6. The number of para-hydroxylation sites is 4. The molecule has 0 spiro atoms. The van der Waals surface area contributed by atoms with E-state index in [1.54, 1.807) is 24.3 Å². The van der Waals surface area contributed by atoms with E-state index in [-0.39, 0.29) is 126 Å². The quantitative estimate of drug-likeness (QED) is 0.522. The molecular formula is C12H8K2O3. The topological polar surface area (TPSA) is 55.3 Å². The summed E-state index contributed by atoms with van der Waals surface area (Å²) in [5.41, 5.74) is 0. The van der Waals surface area contributed by atoms with Gasteiger partial charge in [-0.25, -0.2) is 0 Å². The van der Waals surface area contributed by atoms with Crippen molar-refractivity contribution >= 4 is 0 Å². The van der Waals surface area contributed by atoms with Crippen LogP contribution in [0.25, 0.3) is 0 Å². The number of ether oxygens (including phenoxy) is 1. The van der Waals surface area contributed by atoms with Gasteiger partial charge in [0.2, 0.25) is 0 Å². The molecule has 17 heavy (non-hydrogen) atoms. The summed E-state index contributed by atoms with van der Waals surface area (Å²) in [6.45, 7) is 0. The number of hydrogen-bond acceptors (Lipinski definition) is 3. The van der Waals surface area contributed by atoms with E-state index >= 15 is 0 Å². The van der Waals surface area contributed by atoms with Gasteiger partial charge in [0.1, 0.15) is 11.5 Å². The van der Waals surface area contributed by atoms with Crippen LogP contribution in [-0.4, -0.2) is 0 Å². The van der Waals surface area contributed by atoms with E-state index in [1.807, 2.05) is 0 Å². The third-order valence-electron chi connectivity index (χ3n) is 1.92. The minimum Gasteiger partial charge on any atom is -0.870 e. The molecule has 0 aliphatic rings. The van der Waals surface area contributed by atoms with Crippen LogP contribution in [0.3, 0.4) is 0 Å². The maximum atomic E-state index is 11.3. The van der Waals surface area contributed by atoms with Crippen LogP contribution in [0.2, 0.25) is 0 Å². The second kappa shape index (κ2) is 9.09. The first-order valence-electron chi connectivity index (χ1n) is 4.47. The number of hydrogen-bond donors (Lipinski definition) is 0. The van der Waals surface area contributed by atoms with Crippen LogP contribution in [0.5, 0.6) is 23.0 Å². The zero-order chi connectivity index (χ0) is 10.7. The van der Waals surface area contributed by atoms with Crippen molar-refractivity contribution in [2.75, 3.05) is 0 Å². The van der Waals surface area contributed by atoms with E-state index in [0.717, 1.165) is 0 Å². The molecule has 2 aromatic rings. The molecule has 0 amide bonds. The molecule has 0 aliphatic heterocycles.